The third-order valence-corrected chi connectivity index (χ3v) is 2.61. The highest BCUT2D eigenvalue weighted by molar-refractivity contribution is 5.57. The SMILES string of the molecule is Nc1ccc(-n2ccnc2-c2cccnc2)cn1. The molecule has 88 valence electrons. The lowest BCUT2D eigenvalue weighted by Crippen LogP contribution is -1.98. The minimum absolute atomic E-state index is 0.502. The van der Waals surface area contributed by atoms with Crippen molar-refractivity contribution in [3.8, 4) is 17.1 Å². The van der Waals surface area contributed by atoms with Crippen molar-refractivity contribution in [2.45, 2.75) is 0 Å². The summed E-state index contributed by atoms with van der Waals surface area (Å²) in [7, 11) is 0. The maximum atomic E-state index is 5.58. The van der Waals surface area contributed by atoms with Crippen molar-refractivity contribution in [1.29, 1.82) is 0 Å². The number of imidazole rings is 1. The molecular weight excluding hydrogens is 226 g/mol. The number of hydrogen-bond acceptors (Lipinski definition) is 4. The molecule has 0 radical (unpaired) electrons. The van der Waals surface area contributed by atoms with E-state index in [1.54, 1.807) is 30.9 Å². The Morgan fingerprint density at radius 3 is 2.67 bits per heavy atom. The van der Waals surface area contributed by atoms with Gasteiger partial charge in [0, 0.05) is 30.4 Å². The number of aromatic nitrogens is 4. The maximum Gasteiger partial charge on any atom is 0.146 e. The number of pyridine rings is 2. The lowest BCUT2D eigenvalue weighted by Gasteiger charge is -2.07. The van der Waals surface area contributed by atoms with Gasteiger partial charge in [0.05, 0.1) is 11.9 Å². The van der Waals surface area contributed by atoms with Crippen LogP contribution in [0.1, 0.15) is 0 Å². The quantitative estimate of drug-likeness (QED) is 0.739. The van der Waals surface area contributed by atoms with Crippen molar-refractivity contribution < 1.29 is 0 Å². The average Bonchev–Trinajstić information content (AvgIpc) is 2.90. The van der Waals surface area contributed by atoms with Gasteiger partial charge in [0.2, 0.25) is 0 Å². The molecule has 0 bridgehead atoms. The number of nitrogen functional groups attached to an aromatic ring is 1. The molecule has 0 amide bonds. The lowest BCUT2D eigenvalue weighted by molar-refractivity contribution is 1.05. The van der Waals surface area contributed by atoms with Gasteiger partial charge in [-0.05, 0) is 24.3 Å². The second kappa shape index (κ2) is 4.29. The summed E-state index contributed by atoms with van der Waals surface area (Å²) in [6.45, 7) is 0. The Hall–Kier alpha value is -2.69. The fourth-order valence-corrected chi connectivity index (χ4v) is 1.76. The smallest absolute Gasteiger partial charge is 0.146 e. The fourth-order valence-electron chi connectivity index (χ4n) is 1.76. The van der Waals surface area contributed by atoms with E-state index in [1.165, 1.54) is 0 Å². The van der Waals surface area contributed by atoms with Gasteiger partial charge in [-0.15, -0.1) is 0 Å². The first-order valence-electron chi connectivity index (χ1n) is 5.50. The Balaban J connectivity index is 2.10. The van der Waals surface area contributed by atoms with Gasteiger partial charge in [-0.2, -0.15) is 0 Å². The summed E-state index contributed by atoms with van der Waals surface area (Å²) in [4.78, 5) is 12.5. The molecule has 2 N–H and O–H groups in total. The molecule has 0 aliphatic heterocycles. The summed E-state index contributed by atoms with van der Waals surface area (Å²) in [5.41, 5.74) is 7.46. The molecule has 0 saturated heterocycles. The van der Waals surface area contributed by atoms with Crippen LogP contribution in [0.5, 0.6) is 0 Å². The largest absolute Gasteiger partial charge is 0.384 e. The van der Waals surface area contributed by atoms with Crippen molar-refractivity contribution in [1.82, 2.24) is 19.5 Å². The Bertz CT molecular complexity index is 643. The highest BCUT2D eigenvalue weighted by atomic mass is 15.1. The third-order valence-electron chi connectivity index (χ3n) is 2.61. The summed E-state index contributed by atoms with van der Waals surface area (Å²) in [5, 5.41) is 0. The molecule has 0 saturated carbocycles. The van der Waals surface area contributed by atoms with Gasteiger partial charge in [0.1, 0.15) is 11.6 Å². The molecule has 0 aromatic carbocycles. The molecular formula is C13H11N5. The van der Waals surface area contributed by atoms with Gasteiger partial charge in [-0.25, -0.2) is 9.97 Å². The van der Waals surface area contributed by atoms with Gasteiger partial charge in [0.25, 0.3) is 0 Å². The van der Waals surface area contributed by atoms with Crippen molar-refractivity contribution in [3.05, 3.63) is 55.2 Å². The van der Waals surface area contributed by atoms with E-state index in [0.717, 1.165) is 17.1 Å². The van der Waals surface area contributed by atoms with Crippen LogP contribution in [0.4, 0.5) is 5.82 Å². The molecule has 5 nitrogen and oxygen atoms in total. The van der Waals surface area contributed by atoms with Gasteiger partial charge in [-0.3, -0.25) is 9.55 Å². The van der Waals surface area contributed by atoms with Crippen molar-refractivity contribution in [2.24, 2.45) is 0 Å². The summed E-state index contributed by atoms with van der Waals surface area (Å²) in [6, 6.07) is 7.53. The van der Waals surface area contributed by atoms with Crippen molar-refractivity contribution >= 4 is 5.82 Å². The van der Waals surface area contributed by atoms with Crippen molar-refractivity contribution in [2.75, 3.05) is 5.73 Å². The zero-order chi connectivity index (χ0) is 12.4. The van der Waals surface area contributed by atoms with Crippen LogP contribution in [0, 0.1) is 0 Å². The van der Waals surface area contributed by atoms with Gasteiger partial charge in [0.15, 0.2) is 0 Å². The summed E-state index contributed by atoms with van der Waals surface area (Å²) < 4.78 is 1.95. The molecule has 3 aromatic rings. The molecule has 3 aromatic heterocycles. The normalized spacial score (nSPS) is 10.4. The molecule has 0 aliphatic carbocycles. The second-order valence-corrected chi connectivity index (χ2v) is 3.80. The topological polar surface area (TPSA) is 69.6 Å². The molecule has 5 heteroatoms. The third kappa shape index (κ3) is 1.82. The minimum Gasteiger partial charge on any atom is -0.384 e. The van der Waals surface area contributed by atoms with Gasteiger partial charge < -0.3 is 5.73 Å². The van der Waals surface area contributed by atoms with E-state index in [4.69, 9.17) is 5.73 Å². The van der Waals surface area contributed by atoms with E-state index in [2.05, 4.69) is 15.0 Å². The zero-order valence-corrected chi connectivity index (χ0v) is 9.56. The van der Waals surface area contributed by atoms with Crippen LogP contribution in [0.2, 0.25) is 0 Å². The molecule has 0 atom stereocenters. The standard InChI is InChI=1S/C13H11N5/c14-12-4-3-11(9-17-12)18-7-6-16-13(18)10-2-1-5-15-8-10/h1-9H,(H2,14,17). The maximum absolute atomic E-state index is 5.58. The molecule has 3 heterocycles. The number of rotatable bonds is 2. The Morgan fingerprint density at radius 1 is 1.00 bits per heavy atom. The highest BCUT2D eigenvalue weighted by Crippen LogP contribution is 2.20. The molecule has 0 fully saturated rings. The first-order valence-corrected chi connectivity index (χ1v) is 5.50. The van der Waals surface area contributed by atoms with Crippen LogP contribution < -0.4 is 5.73 Å². The number of nitrogens with two attached hydrogens (primary N) is 1. The van der Waals surface area contributed by atoms with E-state index in [0.29, 0.717) is 5.82 Å². The van der Waals surface area contributed by atoms with Crippen LogP contribution >= 0.6 is 0 Å². The minimum atomic E-state index is 0.502. The van der Waals surface area contributed by atoms with E-state index < -0.39 is 0 Å². The van der Waals surface area contributed by atoms with Gasteiger partial charge >= 0.3 is 0 Å². The number of anilines is 1. The first-order chi connectivity index (χ1) is 8.84. The molecule has 18 heavy (non-hydrogen) atoms. The van der Waals surface area contributed by atoms with Crippen LogP contribution in [0.25, 0.3) is 17.1 Å². The fraction of sp³-hybridized carbons (Fsp3) is 0. The van der Waals surface area contributed by atoms with E-state index >= 15 is 0 Å². The predicted octanol–water partition coefficient (Wildman–Crippen LogP) is 1.91. The molecule has 0 spiro atoms. The van der Waals surface area contributed by atoms with Crippen LogP contribution in [0.15, 0.2) is 55.2 Å². The van der Waals surface area contributed by atoms with Crippen LogP contribution in [0.3, 0.4) is 0 Å². The first kappa shape index (κ1) is 10.5. The summed E-state index contributed by atoms with van der Waals surface area (Å²) in [5.74, 6) is 1.33. The molecule has 0 unspecified atom stereocenters. The Kier molecular flexibility index (Phi) is 2.49. The van der Waals surface area contributed by atoms with Crippen LogP contribution in [-0.2, 0) is 0 Å². The van der Waals surface area contributed by atoms with Crippen molar-refractivity contribution in [3.63, 3.8) is 0 Å². The number of hydrogen-bond donors (Lipinski definition) is 1. The predicted molar refractivity (Wildman–Crippen MR) is 69.0 cm³/mol. The van der Waals surface area contributed by atoms with E-state index in [1.807, 2.05) is 29.0 Å². The highest BCUT2D eigenvalue weighted by Gasteiger charge is 2.07. The Morgan fingerprint density at radius 2 is 1.94 bits per heavy atom. The van der Waals surface area contributed by atoms with Gasteiger partial charge in [-0.1, -0.05) is 0 Å². The zero-order valence-electron chi connectivity index (χ0n) is 9.56. The van der Waals surface area contributed by atoms with Crippen LogP contribution in [-0.4, -0.2) is 19.5 Å². The summed E-state index contributed by atoms with van der Waals surface area (Å²) >= 11 is 0. The van der Waals surface area contributed by atoms with E-state index in [9.17, 15) is 0 Å². The molecule has 0 aliphatic rings. The monoisotopic (exact) mass is 237 g/mol. The second-order valence-electron chi connectivity index (χ2n) is 3.80. The van der Waals surface area contributed by atoms with E-state index in [-0.39, 0.29) is 0 Å². The average molecular weight is 237 g/mol. The summed E-state index contributed by atoms with van der Waals surface area (Å²) in [6.07, 6.45) is 8.87. The number of nitrogens with zero attached hydrogens (tertiary/aromatic N) is 4. The lowest BCUT2D eigenvalue weighted by atomic mass is 10.2. The molecule has 3 rings (SSSR count). The Labute approximate surface area is 104 Å².